The van der Waals surface area contributed by atoms with Gasteiger partial charge >= 0.3 is 0 Å². The number of imidazole rings is 1. The molecule has 0 fully saturated rings. The zero-order chi connectivity index (χ0) is 22.5. The molecule has 4 rings (SSSR count). The Morgan fingerprint density at radius 3 is 2.59 bits per heavy atom. The van der Waals surface area contributed by atoms with Crippen molar-refractivity contribution in [1.29, 1.82) is 0 Å². The first-order valence-corrected chi connectivity index (χ1v) is 9.91. The molecule has 0 saturated carbocycles. The summed E-state index contributed by atoms with van der Waals surface area (Å²) in [5.74, 6) is 0.114. The zero-order valence-corrected chi connectivity index (χ0v) is 17.2. The van der Waals surface area contributed by atoms with Crippen molar-refractivity contribution in [3.63, 3.8) is 0 Å². The van der Waals surface area contributed by atoms with E-state index < -0.39 is 11.9 Å². The van der Waals surface area contributed by atoms with Gasteiger partial charge in [0.15, 0.2) is 0 Å². The molecule has 0 saturated heterocycles. The number of halogens is 1. The van der Waals surface area contributed by atoms with E-state index in [1.165, 1.54) is 18.5 Å². The van der Waals surface area contributed by atoms with Gasteiger partial charge in [-0.05, 0) is 36.8 Å². The number of rotatable bonds is 7. The number of aryl methyl sites for hydroxylation is 1. The Kier molecular flexibility index (Phi) is 6.18. The van der Waals surface area contributed by atoms with Crippen molar-refractivity contribution in [1.82, 2.24) is 24.8 Å². The Hall–Kier alpha value is -4.11. The molecule has 32 heavy (non-hydrogen) atoms. The van der Waals surface area contributed by atoms with E-state index in [2.05, 4.69) is 25.6 Å². The summed E-state index contributed by atoms with van der Waals surface area (Å²) in [5.41, 5.74) is 2.40. The van der Waals surface area contributed by atoms with Crippen LogP contribution in [-0.4, -0.2) is 37.1 Å². The van der Waals surface area contributed by atoms with Gasteiger partial charge in [0.05, 0.1) is 12.6 Å². The van der Waals surface area contributed by atoms with Gasteiger partial charge in [0.1, 0.15) is 23.7 Å². The number of anilines is 2. The number of carbonyl (C=O) groups excluding carboxylic acids is 1. The third-order valence-corrected chi connectivity index (χ3v) is 4.79. The highest BCUT2D eigenvalue weighted by Crippen LogP contribution is 2.18. The Bertz CT molecular complexity index is 1210. The fraction of sp³-hybridized carbons (Fsp3) is 0.130. The van der Waals surface area contributed by atoms with Crippen LogP contribution in [0, 0.1) is 12.7 Å². The molecule has 2 aromatic heterocycles. The number of benzene rings is 2. The third-order valence-electron chi connectivity index (χ3n) is 4.79. The predicted molar refractivity (Wildman–Crippen MR) is 117 cm³/mol. The summed E-state index contributed by atoms with van der Waals surface area (Å²) >= 11 is 0. The van der Waals surface area contributed by atoms with Crippen LogP contribution in [0.1, 0.15) is 27.7 Å². The summed E-state index contributed by atoms with van der Waals surface area (Å²) in [7, 11) is 0. The van der Waals surface area contributed by atoms with E-state index in [0.29, 0.717) is 17.5 Å². The summed E-state index contributed by atoms with van der Waals surface area (Å²) in [4.78, 5) is 25.6. The minimum absolute atomic E-state index is 0.186. The number of nitrogens with zero attached hydrogens (tertiary/aromatic N) is 4. The number of nitrogens with one attached hydrogen (secondary N) is 2. The molecule has 2 aromatic carbocycles. The van der Waals surface area contributed by atoms with Crippen molar-refractivity contribution in [2.45, 2.75) is 13.0 Å². The van der Waals surface area contributed by atoms with E-state index in [1.807, 2.05) is 37.3 Å². The Labute approximate surface area is 183 Å². The first-order valence-electron chi connectivity index (χ1n) is 9.91. The van der Waals surface area contributed by atoms with Gasteiger partial charge in [-0.3, -0.25) is 9.36 Å². The van der Waals surface area contributed by atoms with E-state index >= 15 is 0 Å². The SMILES string of the molecule is Cc1cnc(Nc2ccc(F)cc2)nc1-n1cnc(C(=O)NC(CO)c2ccccc2)c1. The van der Waals surface area contributed by atoms with Gasteiger partial charge < -0.3 is 15.7 Å². The maximum Gasteiger partial charge on any atom is 0.272 e. The second kappa shape index (κ2) is 9.36. The van der Waals surface area contributed by atoms with Crippen LogP contribution in [-0.2, 0) is 0 Å². The van der Waals surface area contributed by atoms with E-state index in [0.717, 1.165) is 11.1 Å². The molecule has 162 valence electrons. The average Bonchev–Trinajstić information content (AvgIpc) is 3.31. The monoisotopic (exact) mass is 432 g/mol. The van der Waals surface area contributed by atoms with Gasteiger partial charge in [0.25, 0.3) is 5.91 Å². The fourth-order valence-electron chi connectivity index (χ4n) is 3.12. The molecule has 1 amide bonds. The van der Waals surface area contributed by atoms with E-state index in [-0.39, 0.29) is 18.1 Å². The third kappa shape index (κ3) is 4.79. The van der Waals surface area contributed by atoms with Crippen LogP contribution in [0.4, 0.5) is 16.0 Å². The Morgan fingerprint density at radius 1 is 1.12 bits per heavy atom. The van der Waals surface area contributed by atoms with E-state index in [4.69, 9.17) is 0 Å². The van der Waals surface area contributed by atoms with Crippen molar-refractivity contribution in [3.8, 4) is 5.82 Å². The van der Waals surface area contributed by atoms with Gasteiger partial charge in [0.2, 0.25) is 5.95 Å². The highest BCUT2D eigenvalue weighted by molar-refractivity contribution is 5.92. The molecule has 0 aliphatic carbocycles. The molecule has 0 bridgehead atoms. The number of aromatic nitrogens is 4. The lowest BCUT2D eigenvalue weighted by atomic mass is 10.1. The molecule has 4 aromatic rings. The molecule has 9 heteroatoms. The maximum atomic E-state index is 13.1. The van der Waals surface area contributed by atoms with Gasteiger partial charge in [0, 0.05) is 23.6 Å². The first-order chi connectivity index (χ1) is 15.5. The fourth-order valence-corrected chi connectivity index (χ4v) is 3.12. The lowest BCUT2D eigenvalue weighted by molar-refractivity contribution is 0.0911. The van der Waals surface area contributed by atoms with Crippen LogP contribution >= 0.6 is 0 Å². The number of hydrogen-bond acceptors (Lipinski definition) is 6. The summed E-state index contributed by atoms with van der Waals surface area (Å²) < 4.78 is 14.7. The molecular weight excluding hydrogens is 411 g/mol. The van der Waals surface area contributed by atoms with Gasteiger partial charge in [-0.1, -0.05) is 30.3 Å². The molecule has 1 unspecified atom stereocenters. The highest BCUT2D eigenvalue weighted by atomic mass is 19.1. The predicted octanol–water partition coefficient (Wildman–Crippen LogP) is 3.32. The largest absolute Gasteiger partial charge is 0.394 e. The zero-order valence-electron chi connectivity index (χ0n) is 17.2. The van der Waals surface area contributed by atoms with E-state index in [9.17, 15) is 14.3 Å². The lowest BCUT2D eigenvalue weighted by Gasteiger charge is -2.15. The van der Waals surface area contributed by atoms with Crippen molar-refractivity contribution in [3.05, 3.63) is 96.0 Å². The second-order valence-electron chi connectivity index (χ2n) is 7.12. The normalized spacial score (nSPS) is 11.7. The van der Waals surface area contributed by atoms with Crippen molar-refractivity contribution >= 4 is 17.5 Å². The van der Waals surface area contributed by atoms with Gasteiger partial charge in [-0.15, -0.1) is 0 Å². The number of aliphatic hydroxyl groups excluding tert-OH is 1. The summed E-state index contributed by atoms with van der Waals surface area (Å²) in [6.07, 6.45) is 4.69. The molecular formula is C23H21FN6O2. The van der Waals surface area contributed by atoms with E-state index in [1.54, 1.807) is 29.1 Å². The maximum absolute atomic E-state index is 13.1. The average molecular weight is 432 g/mol. The van der Waals surface area contributed by atoms with Crippen LogP contribution in [0.15, 0.2) is 73.3 Å². The smallest absolute Gasteiger partial charge is 0.272 e. The minimum Gasteiger partial charge on any atom is -0.394 e. The second-order valence-corrected chi connectivity index (χ2v) is 7.12. The molecule has 8 nitrogen and oxygen atoms in total. The molecule has 0 aliphatic rings. The molecule has 0 spiro atoms. The van der Waals surface area contributed by atoms with Crippen molar-refractivity contribution in [2.75, 3.05) is 11.9 Å². The summed E-state index contributed by atoms with van der Waals surface area (Å²) in [6, 6.07) is 14.5. The van der Waals surface area contributed by atoms with Crippen LogP contribution in [0.25, 0.3) is 5.82 Å². The summed E-state index contributed by atoms with van der Waals surface area (Å²) in [5, 5.41) is 15.5. The quantitative estimate of drug-likeness (QED) is 0.414. The molecule has 1 atom stereocenters. The summed E-state index contributed by atoms with van der Waals surface area (Å²) in [6.45, 7) is 1.61. The lowest BCUT2D eigenvalue weighted by Crippen LogP contribution is -2.31. The van der Waals surface area contributed by atoms with Crippen molar-refractivity contribution in [2.24, 2.45) is 0 Å². The van der Waals surface area contributed by atoms with Gasteiger partial charge in [-0.2, -0.15) is 4.98 Å². The molecule has 2 heterocycles. The van der Waals surface area contributed by atoms with Gasteiger partial charge in [-0.25, -0.2) is 14.4 Å². The molecule has 0 radical (unpaired) electrons. The molecule has 3 N–H and O–H groups in total. The van der Waals surface area contributed by atoms with Crippen LogP contribution in [0.3, 0.4) is 0 Å². The number of amides is 1. The standard InChI is InChI=1S/C23H21FN6O2/c1-15-11-25-23(27-18-9-7-17(24)8-10-18)29-21(15)30-12-19(26-14-30)22(32)28-20(13-31)16-5-3-2-4-6-16/h2-12,14,20,31H,13H2,1H3,(H,28,32)(H,25,27,29). The first kappa shape index (κ1) is 21.1. The number of aliphatic hydroxyl groups is 1. The van der Waals surface area contributed by atoms with Crippen LogP contribution in [0.5, 0.6) is 0 Å². The highest BCUT2D eigenvalue weighted by Gasteiger charge is 2.17. The Morgan fingerprint density at radius 2 is 1.88 bits per heavy atom. The topological polar surface area (TPSA) is 105 Å². The number of hydrogen-bond donors (Lipinski definition) is 3. The Balaban J connectivity index is 1.52. The molecule has 0 aliphatic heterocycles. The van der Waals surface area contributed by atoms with Crippen LogP contribution < -0.4 is 10.6 Å². The number of carbonyl (C=O) groups is 1. The minimum atomic E-state index is -0.541. The van der Waals surface area contributed by atoms with Crippen molar-refractivity contribution < 1.29 is 14.3 Å². The van der Waals surface area contributed by atoms with Crippen LogP contribution in [0.2, 0.25) is 0 Å².